The first-order valence-corrected chi connectivity index (χ1v) is 10.6. The summed E-state index contributed by atoms with van der Waals surface area (Å²) in [5, 5.41) is 3.40. The summed E-state index contributed by atoms with van der Waals surface area (Å²) in [6.07, 6.45) is 3.85. The second kappa shape index (κ2) is 12.3. The average Bonchev–Trinajstić information content (AvgIpc) is 2.73. The number of rotatable bonds is 9. The van der Waals surface area contributed by atoms with E-state index in [4.69, 9.17) is 9.73 Å². The van der Waals surface area contributed by atoms with Gasteiger partial charge in [0.15, 0.2) is 5.96 Å². The molecule has 0 saturated carbocycles. The van der Waals surface area contributed by atoms with Crippen molar-refractivity contribution in [2.45, 2.75) is 39.5 Å². The molecule has 0 aromatic heterocycles. The molecule has 1 aromatic carbocycles. The number of para-hydroxylation sites is 1. The van der Waals surface area contributed by atoms with Crippen molar-refractivity contribution >= 4 is 17.6 Å². The summed E-state index contributed by atoms with van der Waals surface area (Å²) in [7, 11) is 2.14. The molecule has 1 fully saturated rings. The van der Waals surface area contributed by atoms with Crippen molar-refractivity contribution in [2.75, 3.05) is 51.3 Å². The molecule has 6 nitrogen and oxygen atoms in total. The number of guanidine groups is 1. The summed E-state index contributed by atoms with van der Waals surface area (Å²) >= 11 is 0. The van der Waals surface area contributed by atoms with Crippen molar-refractivity contribution in [3.8, 4) is 0 Å². The number of ether oxygens (including phenoxy) is 1. The van der Waals surface area contributed by atoms with E-state index in [-0.39, 0.29) is 11.9 Å². The van der Waals surface area contributed by atoms with E-state index in [2.05, 4.69) is 53.4 Å². The summed E-state index contributed by atoms with van der Waals surface area (Å²) in [6, 6.07) is 10.5. The largest absolute Gasteiger partial charge is 0.466 e. The highest BCUT2D eigenvalue weighted by Gasteiger charge is 2.27. The zero-order chi connectivity index (χ0) is 20.2. The van der Waals surface area contributed by atoms with Crippen molar-refractivity contribution < 1.29 is 9.53 Å². The van der Waals surface area contributed by atoms with Gasteiger partial charge in [0.1, 0.15) is 0 Å². The molecule has 1 aliphatic heterocycles. The number of nitrogens with zero attached hydrogens (tertiary/aromatic N) is 3. The smallest absolute Gasteiger partial charge is 0.309 e. The molecule has 2 rings (SSSR count). The molecule has 1 heterocycles. The van der Waals surface area contributed by atoms with Crippen molar-refractivity contribution in [2.24, 2.45) is 10.9 Å². The molecule has 28 heavy (non-hydrogen) atoms. The Hall–Kier alpha value is -2.24. The minimum Gasteiger partial charge on any atom is -0.466 e. The number of benzene rings is 1. The number of esters is 1. The summed E-state index contributed by atoms with van der Waals surface area (Å²) < 4.78 is 5.16. The molecule has 6 heteroatoms. The number of likely N-dealkylation sites (tertiary alicyclic amines) is 1. The number of carbonyl (C=O) groups is 1. The van der Waals surface area contributed by atoms with Gasteiger partial charge in [-0.05, 0) is 51.7 Å². The number of anilines is 1. The van der Waals surface area contributed by atoms with Crippen LogP contribution in [0.3, 0.4) is 0 Å². The van der Waals surface area contributed by atoms with Gasteiger partial charge in [-0.2, -0.15) is 0 Å². The Morgan fingerprint density at radius 3 is 2.57 bits per heavy atom. The van der Waals surface area contributed by atoms with E-state index in [1.54, 1.807) is 0 Å². The topological polar surface area (TPSA) is 57.2 Å². The number of piperidine rings is 1. The predicted molar refractivity (Wildman–Crippen MR) is 116 cm³/mol. The highest BCUT2D eigenvalue weighted by Crippen LogP contribution is 2.19. The highest BCUT2D eigenvalue weighted by molar-refractivity contribution is 5.80. The first-order valence-electron chi connectivity index (χ1n) is 10.6. The molecular weight excluding hydrogens is 352 g/mol. The lowest BCUT2D eigenvalue weighted by Crippen LogP contribution is -2.46. The number of hydrogen-bond acceptors (Lipinski definition) is 4. The zero-order valence-corrected chi connectivity index (χ0v) is 17.7. The van der Waals surface area contributed by atoms with E-state index in [1.807, 2.05) is 13.0 Å². The Labute approximate surface area is 170 Å². The predicted octanol–water partition coefficient (Wildman–Crippen LogP) is 3.14. The zero-order valence-electron chi connectivity index (χ0n) is 17.7. The van der Waals surface area contributed by atoms with Crippen LogP contribution in [0, 0.1) is 5.92 Å². The second-order valence-corrected chi connectivity index (χ2v) is 7.21. The standard InChI is InChI=1S/C22H36N4O2/c1-4-23-22(26-17-13-19(14-18-26)21(27)28-5-2)24-15-9-10-16-25(3)20-11-7-6-8-12-20/h6-8,11-12,19H,4-5,9-10,13-18H2,1-3H3,(H,23,24). The van der Waals surface area contributed by atoms with E-state index < -0.39 is 0 Å². The Morgan fingerprint density at radius 2 is 1.93 bits per heavy atom. The van der Waals surface area contributed by atoms with E-state index in [9.17, 15) is 4.79 Å². The average molecular weight is 389 g/mol. The molecule has 0 amide bonds. The maximum absolute atomic E-state index is 11.9. The minimum atomic E-state index is -0.0494. The molecule has 1 aromatic rings. The highest BCUT2D eigenvalue weighted by atomic mass is 16.5. The lowest BCUT2D eigenvalue weighted by molar-refractivity contribution is -0.149. The minimum absolute atomic E-state index is 0.0348. The molecule has 156 valence electrons. The Bertz CT molecular complexity index is 598. The van der Waals surface area contributed by atoms with Crippen LogP contribution in [-0.4, -0.2) is 63.2 Å². The molecular formula is C22H36N4O2. The number of nitrogens with one attached hydrogen (secondary N) is 1. The van der Waals surface area contributed by atoms with Crippen LogP contribution in [0.15, 0.2) is 35.3 Å². The third-order valence-electron chi connectivity index (χ3n) is 5.11. The third-order valence-corrected chi connectivity index (χ3v) is 5.11. The molecule has 1 N–H and O–H groups in total. The van der Waals surface area contributed by atoms with Crippen LogP contribution in [0.1, 0.15) is 39.5 Å². The maximum atomic E-state index is 11.9. The lowest BCUT2D eigenvalue weighted by Gasteiger charge is -2.33. The Morgan fingerprint density at radius 1 is 1.21 bits per heavy atom. The number of carbonyl (C=O) groups excluding carboxylic acids is 1. The fourth-order valence-corrected chi connectivity index (χ4v) is 3.47. The van der Waals surface area contributed by atoms with Gasteiger partial charge in [-0.15, -0.1) is 0 Å². The van der Waals surface area contributed by atoms with E-state index in [0.29, 0.717) is 6.61 Å². The summed E-state index contributed by atoms with van der Waals surface area (Å²) in [5.41, 5.74) is 1.25. The fraction of sp³-hybridized carbons (Fsp3) is 0.636. The summed E-state index contributed by atoms with van der Waals surface area (Å²) in [4.78, 5) is 21.3. The monoisotopic (exact) mass is 388 g/mol. The van der Waals surface area contributed by atoms with E-state index >= 15 is 0 Å². The first-order chi connectivity index (χ1) is 13.7. The van der Waals surface area contributed by atoms with Gasteiger partial charge in [0.05, 0.1) is 12.5 Å². The van der Waals surface area contributed by atoms with Gasteiger partial charge < -0.3 is 19.9 Å². The molecule has 0 bridgehead atoms. The van der Waals surface area contributed by atoms with Crippen molar-refractivity contribution in [3.63, 3.8) is 0 Å². The van der Waals surface area contributed by atoms with Crippen LogP contribution in [0.4, 0.5) is 5.69 Å². The number of aliphatic imine (C=N–C) groups is 1. The maximum Gasteiger partial charge on any atom is 0.309 e. The van der Waals surface area contributed by atoms with Crippen molar-refractivity contribution in [3.05, 3.63) is 30.3 Å². The quantitative estimate of drug-likeness (QED) is 0.305. The van der Waals surface area contributed by atoms with Gasteiger partial charge in [0.25, 0.3) is 0 Å². The van der Waals surface area contributed by atoms with Crippen LogP contribution in [0.2, 0.25) is 0 Å². The van der Waals surface area contributed by atoms with Crippen molar-refractivity contribution in [1.29, 1.82) is 0 Å². The van der Waals surface area contributed by atoms with Crippen molar-refractivity contribution in [1.82, 2.24) is 10.2 Å². The lowest BCUT2D eigenvalue weighted by atomic mass is 9.97. The fourth-order valence-electron chi connectivity index (χ4n) is 3.47. The molecule has 0 atom stereocenters. The molecule has 0 spiro atoms. The van der Waals surface area contributed by atoms with Crippen LogP contribution >= 0.6 is 0 Å². The summed E-state index contributed by atoms with van der Waals surface area (Å²) in [6.45, 7) is 8.83. The number of unbranched alkanes of at least 4 members (excludes halogenated alkanes) is 1. The molecule has 0 aliphatic carbocycles. The number of hydrogen-bond donors (Lipinski definition) is 1. The van der Waals surface area contributed by atoms with Gasteiger partial charge in [-0.25, -0.2) is 0 Å². The molecule has 0 radical (unpaired) electrons. The van der Waals surface area contributed by atoms with Gasteiger partial charge in [0.2, 0.25) is 0 Å². The van der Waals surface area contributed by atoms with Crippen LogP contribution in [0.25, 0.3) is 0 Å². The van der Waals surface area contributed by atoms with E-state index in [0.717, 1.165) is 64.4 Å². The van der Waals surface area contributed by atoms with Gasteiger partial charge >= 0.3 is 5.97 Å². The third kappa shape index (κ3) is 7.06. The van der Waals surface area contributed by atoms with Gasteiger partial charge in [-0.1, -0.05) is 18.2 Å². The Balaban J connectivity index is 1.74. The van der Waals surface area contributed by atoms with Gasteiger partial charge in [-0.3, -0.25) is 9.79 Å². The SMILES string of the molecule is CCNC(=NCCCCN(C)c1ccccc1)N1CCC(C(=O)OCC)CC1. The molecule has 1 saturated heterocycles. The normalized spacial score (nSPS) is 15.4. The summed E-state index contributed by atoms with van der Waals surface area (Å²) in [5.74, 6) is 0.959. The van der Waals surface area contributed by atoms with Crippen LogP contribution in [0.5, 0.6) is 0 Å². The first kappa shape index (κ1) is 22.1. The molecule has 1 aliphatic rings. The van der Waals surface area contributed by atoms with E-state index in [1.165, 1.54) is 5.69 Å². The van der Waals surface area contributed by atoms with Crippen LogP contribution in [-0.2, 0) is 9.53 Å². The second-order valence-electron chi connectivity index (χ2n) is 7.21. The van der Waals surface area contributed by atoms with Gasteiger partial charge in [0, 0.05) is 45.5 Å². The molecule has 0 unspecified atom stereocenters. The Kier molecular flexibility index (Phi) is 9.66. The van der Waals surface area contributed by atoms with Crippen LogP contribution < -0.4 is 10.2 Å².